The minimum absolute atomic E-state index is 0.147. The van der Waals surface area contributed by atoms with Crippen molar-refractivity contribution in [3.8, 4) is 11.6 Å². The molecule has 1 aromatic carbocycles. The lowest BCUT2D eigenvalue weighted by atomic mass is 10.2. The Balaban J connectivity index is 1.53. The summed E-state index contributed by atoms with van der Waals surface area (Å²) in [6.07, 6.45) is 3.53. The molecule has 0 saturated heterocycles. The third-order valence-electron chi connectivity index (χ3n) is 4.22. The van der Waals surface area contributed by atoms with Crippen molar-refractivity contribution in [2.75, 3.05) is 18.4 Å². The van der Waals surface area contributed by atoms with Crippen LogP contribution in [-0.2, 0) is 0 Å². The van der Waals surface area contributed by atoms with Gasteiger partial charge in [0.15, 0.2) is 0 Å². The average molecular weight is 378 g/mol. The average Bonchev–Trinajstić information content (AvgIpc) is 3.39. The van der Waals surface area contributed by atoms with Crippen LogP contribution in [0.2, 0.25) is 5.02 Å². The van der Waals surface area contributed by atoms with Gasteiger partial charge in [-0.2, -0.15) is 0 Å². The molecule has 0 unspecified atom stereocenters. The van der Waals surface area contributed by atoms with Crippen LogP contribution in [0.5, 0.6) is 11.6 Å². The molecule has 1 fully saturated rings. The molecule has 4 rings (SSSR count). The smallest absolute Gasteiger partial charge is 0.257 e. The van der Waals surface area contributed by atoms with Crippen LogP contribution >= 0.6 is 23.5 Å². The fourth-order valence-electron chi connectivity index (χ4n) is 2.60. The number of nitrogens with one attached hydrogen (secondary N) is 2. The topological polar surface area (TPSA) is 72.5 Å². The lowest BCUT2D eigenvalue weighted by Gasteiger charge is -2.11. The molecule has 1 amide bonds. The van der Waals surface area contributed by atoms with Crippen molar-refractivity contribution in [1.82, 2.24) is 10.3 Å². The first-order chi connectivity index (χ1) is 12.1. The predicted molar refractivity (Wildman–Crippen MR) is 96.6 cm³/mol. The molecule has 2 N–H and O–H groups in total. The Morgan fingerprint density at radius 2 is 2.24 bits per heavy atom. The summed E-state index contributed by atoms with van der Waals surface area (Å²) in [5.41, 5.74) is 0.928. The summed E-state index contributed by atoms with van der Waals surface area (Å²) < 4.78 is 14.2. The van der Waals surface area contributed by atoms with Gasteiger partial charge in [0, 0.05) is 5.02 Å². The fraction of sp³-hybridized carbons (Fsp3) is 0.294. The molecule has 25 heavy (non-hydrogen) atoms. The van der Waals surface area contributed by atoms with Gasteiger partial charge in [0.2, 0.25) is 5.88 Å². The van der Waals surface area contributed by atoms with E-state index < -0.39 is 0 Å². The van der Waals surface area contributed by atoms with Crippen molar-refractivity contribution in [2.24, 2.45) is 0 Å². The van der Waals surface area contributed by atoms with Crippen molar-refractivity contribution < 1.29 is 14.3 Å². The first-order valence-corrected chi connectivity index (χ1v) is 9.00. The van der Waals surface area contributed by atoms with Gasteiger partial charge < -0.3 is 19.5 Å². The van der Waals surface area contributed by atoms with E-state index in [-0.39, 0.29) is 11.4 Å². The van der Waals surface area contributed by atoms with Gasteiger partial charge in [0.25, 0.3) is 5.91 Å². The van der Waals surface area contributed by atoms with E-state index in [2.05, 4.69) is 15.0 Å². The lowest BCUT2D eigenvalue weighted by Crippen LogP contribution is -2.38. The van der Waals surface area contributed by atoms with E-state index in [9.17, 15) is 4.79 Å². The van der Waals surface area contributed by atoms with Gasteiger partial charge in [-0.05, 0) is 49.1 Å². The highest BCUT2D eigenvalue weighted by Crippen LogP contribution is 2.39. The zero-order valence-electron chi connectivity index (χ0n) is 13.5. The molecule has 8 heteroatoms. The number of pyridine rings is 1. The largest absolute Gasteiger partial charge is 0.496 e. The Morgan fingerprint density at radius 3 is 3.00 bits per heavy atom. The summed E-state index contributed by atoms with van der Waals surface area (Å²) in [5, 5.41) is 3.65. The van der Waals surface area contributed by atoms with Gasteiger partial charge in [0.1, 0.15) is 17.9 Å². The molecule has 2 heterocycles. The summed E-state index contributed by atoms with van der Waals surface area (Å²) in [5.74, 6) is 0.935. The number of nitrogens with zero attached hydrogens (tertiary/aromatic N) is 1. The van der Waals surface area contributed by atoms with E-state index in [1.54, 1.807) is 31.5 Å². The number of hydrogen-bond donors (Lipinski definition) is 2. The number of anilines is 1. The van der Waals surface area contributed by atoms with Crippen LogP contribution < -0.4 is 19.5 Å². The maximum atomic E-state index is 12.4. The molecule has 2 aliphatic rings. The summed E-state index contributed by atoms with van der Waals surface area (Å²) in [6, 6.07) is 7.12. The number of carbonyl (C=O) groups excluding carboxylic acids is 1. The van der Waals surface area contributed by atoms with E-state index >= 15 is 0 Å². The predicted octanol–water partition coefficient (Wildman–Crippen LogP) is 3.52. The van der Waals surface area contributed by atoms with E-state index in [0.29, 0.717) is 34.5 Å². The van der Waals surface area contributed by atoms with Crippen molar-refractivity contribution in [1.29, 1.82) is 0 Å². The zero-order valence-corrected chi connectivity index (χ0v) is 15.0. The SMILES string of the molecule is COc1ccc(Cl)cc1SNc1cnc2c(c1)C(=O)NC1(CC1)CO2. The number of amides is 1. The first-order valence-electron chi connectivity index (χ1n) is 7.80. The minimum Gasteiger partial charge on any atom is -0.496 e. The van der Waals surface area contributed by atoms with Crippen LogP contribution in [0.4, 0.5) is 5.69 Å². The summed E-state index contributed by atoms with van der Waals surface area (Å²) in [4.78, 5) is 17.5. The quantitative estimate of drug-likeness (QED) is 0.794. The van der Waals surface area contributed by atoms with Gasteiger partial charge in [-0.15, -0.1) is 0 Å². The van der Waals surface area contributed by atoms with Crippen LogP contribution in [0.25, 0.3) is 0 Å². The summed E-state index contributed by atoms with van der Waals surface area (Å²) in [7, 11) is 1.60. The third kappa shape index (κ3) is 3.34. The molecule has 6 nitrogen and oxygen atoms in total. The highest BCUT2D eigenvalue weighted by Gasteiger charge is 2.47. The Kier molecular flexibility index (Phi) is 4.13. The molecule has 1 aliphatic carbocycles. The number of rotatable bonds is 4. The van der Waals surface area contributed by atoms with Gasteiger partial charge >= 0.3 is 0 Å². The molecule has 2 aromatic rings. The number of fused-ring (bicyclic) bond motifs is 1. The molecule has 1 aliphatic heterocycles. The van der Waals surface area contributed by atoms with E-state index in [0.717, 1.165) is 17.7 Å². The lowest BCUT2D eigenvalue weighted by molar-refractivity contribution is 0.0932. The zero-order chi connectivity index (χ0) is 17.4. The molecule has 0 atom stereocenters. The number of methoxy groups -OCH3 is 1. The number of halogens is 1. The Bertz CT molecular complexity index is 842. The number of carbonyl (C=O) groups is 1. The third-order valence-corrected chi connectivity index (χ3v) is 5.33. The van der Waals surface area contributed by atoms with Gasteiger partial charge in [-0.1, -0.05) is 11.6 Å². The molecular formula is C17H16ClN3O3S. The van der Waals surface area contributed by atoms with Crippen LogP contribution in [0, 0.1) is 0 Å². The number of benzene rings is 1. The fourth-order valence-corrected chi connectivity index (χ4v) is 3.62. The molecular weight excluding hydrogens is 362 g/mol. The second-order valence-corrected chi connectivity index (χ2v) is 7.38. The van der Waals surface area contributed by atoms with Crippen molar-refractivity contribution in [3.63, 3.8) is 0 Å². The maximum absolute atomic E-state index is 12.4. The molecule has 130 valence electrons. The molecule has 1 spiro atoms. The highest BCUT2D eigenvalue weighted by molar-refractivity contribution is 8.00. The number of hydrogen-bond acceptors (Lipinski definition) is 6. The van der Waals surface area contributed by atoms with Gasteiger partial charge in [-0.25, -0.2) is 4.98 Å². The molecule has 0 bridgehead atoms. The first kappa shape index (κ1) is 16.4. The monoisotopic (exact) mass is 377 g/mol. The highest BCUT2D eigenvalue weighted by atomic mass is 35.5. The van der Waals surface area contributed by atoms with E-state index in [1.807, 2.05) is 6.07 Å². The Labute approximate surface area is 154 Å². The van der Waals surface area contributed by atoms with Crippen LogP contribution in [0.1, 0.15) is 23.2 Å². The van der Waals surface area contributed by atoms with Crippen LogP contribution in [-0.4, -0.2) is 30.1 Å². The van der Waals surface area contributed by atoms with Gasteiger partial charge in [0.05, 0.1) is 29.4 Å². The summed E-state index contributed by atoms with van der Waals surface area (Å²) in [6.45, 7) is 0.472. The standard InChI is InChI=1S/C17H16ClN3O3S/c1-23-13-3-2-10(18)6-14(13)25-21-11-7-12-15(22)20-17(4-5-17)9-24-16(12)19-8-11/h2-3,6-8,21H,4-5,9H2,1H3,(H,20,22). The molecule has 0 radical (unpaired) electrons. The Hall–Kier alpha value is -2.12. The normalized spacial score (nSPS) is 17.1. The van der Waals surface area contributed by atoms with E-state index in [1.165, 1.54) is 11.9 Å². The number of aromatic nitrogens is 1. The maximum Gasteiger partial charge on any atom is 0.257 e. The number of ether oxygens (including phenoxy) is 2. The molecule has 1 aromatic heterocycles. The second-order valence-electron chi connectivity index (χ2n) is 6.10. The van der Waals surface area contributed by atoms with Crippen molar-refractivity contribution in [2.45, 2.75) is 23.3 Å². The Morgan fingerprint density at radius 1 is 1.40 bits per heavy atom. The van der Waals surface area contributed by atoms with Crippen molar-refractivity contribution >= 4 is 35.1 Å². The molecule has 1 saturated carbocycles. The van der Waals surface area contributed by atoms with E-state index in [4.69, 9.17) is 21.1 Å². The van der Waals surface area contributed by atoms with Gasteiger partial charge in [-0.3, -0.25) is 4.79 Å². The van der Waals surface area contributed by atoms with Crippen LogP contribution in [0.15, 0.2) is 35.4 Å². The van der Waals surface area contributed by atoms with Crippen LogP contribution in [0.3, 0.4) is 0 Å². The van der Waals surface area contributed by atoms with Crippen molar-refractivity contribution in [3.05, 3.63) is 41.0 Å². The summed E-state index contributed by atoms with van der Waals surface area (Å²) >= 11 is 7.38. The minimum atomic E-state index is -0.200. The second kappa shape index (κ2) is 6.31.